The van der Waals surface area contributed by atoms with Gasteiger partial charge in [0.15, 0.2) is 0 Å². The van der Waals surface area contributed by atoms with Crippen molar-refractivity contribution in [3.63, 3.8) is 0 Å². The number of nitrogens with zero attached hydrogens (tertiary/aromatic N) is 3. The molecule has 154 valence electrons. The first-order valence-corrected chi connectivity index (χ1v) is 10.4. The monoisotopic (exact) mass is 402 g/mol. The van der Waals surface area contributed by atoms with E-state index >= 15 is 0 Å². The van der Waals surface area contributed by atoms with Gasteiger partial charge in [0, 0.05) is 31.6 Å². The van der Waals surface area contributed by atoms with Crippen LogP contribution in [0.4, 0.5) is 5.95 Å². The molecule has 2 heterocycles. The van der Waals surface area contributed by atoms with E-state index in [0.717, 1.165) is 23.1 Å². The topological polar surface area (TPSA) is 67.2 Å². The highest BCUT2D eigenvalue weighted by atomic mass is 16.2. The van der Waals surface area contributed by atoms with Gasteiger partial charge in [0.25, 0.3) is 0 Å². The van der Waals surface area contributed by atoms with Gasteiger partial charge in [-0.15, -0.1) is 0 Å². The van der Waals surface area contributed by atoms with Crippen LogP contribution in [0.5, 0.6) is 0 Å². The van der Waals surface area contributed by atoms with Gasteiger partial charge in [-0.1, -0.05) is 42.5 Å². The Morgan fingerprint density at radius 2 is 1.77 bits per heavy atom. The van der Waals surface area contributed by atoms with Crippen LogP contribution in [-0.4, -0.2) is 39.4 Å². The minimum absolute atomic E-state index is 0.00881. The van der Waals surface area contributed by atoms with Gasteiger partial charge in [0.2, 0.25) is 17.8 Å². The highest BCUT2D eigenvalue weighted by Crippen LogP contribution is 2.23. The smallest absolute Gasteiger partial charge is 0.246 e. The van der Waals surface area contributed by atoms with Gasteiger partial charge in [0.05, 0.1) is 11.0 Å². The summed E-state index contributed by atoms with van der Waals surface area (Å²) in [6.45, 7) is 3.94. The summed E-state index contributed by atoms with van der Waals surface area (Å²) in [5, 5.41) is 3.01. The number of fused-ring (bicyclic) bond motifs is 1. The van der Waals surface area contributed by atoms with Gasteiger partial charge >= 0.3 is 0 Å². The first-order chi connectivity index (χ1) is 14.7. The van der Waals surface area contributed by atoms with Crippen molar-refractivity contribution >= 4 is 34.9 Å². The summed E-state index contributed by atoms with van der Waals surface area (Å²) in [5.41, 5.74) is 2.89. The van der Waals surface area contributed by atoms with Crippen molar-refractivity contribution in [3.05, 3.63) is 66.2 Å². The number of aryl methyl sites for hydroxylation is 1. The van der Waals surface area contributed by atoms with Crippen LogP contribution in [0.1, 0.15) is 25.3 Å². The summed E-state index contributed by atoms with van der Waals surface area (Å²) in [7, 11) is 0. The minimum atomic E-state index is -0.114. The molecule has 0 radical (unpaired) electrons. The van der Waals surface area contributed by atoms with Gasteiger partial charge in [-0.05, 0) is 43.5 Å². The fraction of sp³-hybridized carbons (Fsp3) is 0.292. The van der Waals surface area contributed by atoms with Crippen molar-refractivity contribution in [1.82, 2.24) is 14.5 Å². The molecule has 1 aliphatic rings. The van der Waals surface area contributed by atoms with E-state index in [2.05, 4.69) is 10.3 Å². The van der Waals surface area contributed by atoms with E-state index < -0.39 is 0 Å². The fourth-order valence-corrected chi connectivity index (χ4v) is 3.90. The van der Waals surface area contributed by atoms with Gasteiger partial charge in [-0.25, -0.2) is 4.98 Å². The highest BCUT2D eigenvalue weighted by molar-refractivity contribution is 5.94. The number of carbonyl (C=O) groups excluding carboxylic acids is 2. The van der Waals surface area contributed by atoms with Crippen molar-refractivity contribution < 1.29 is 9.59 Å². The molecule has 2 amide bonds. The molecule has 4 rings (SSSR count). The molecule has 1 N–H and O–H groups in total. The van der Waals surface area contributed by atoms with E-state index in [9.17, 15) is 9.59 Å². The number of aromatic nitrogens is 2. The summed E-state index contributed by atoms with van der Waals surface area (Å²) >= 11 is 0. The third kappa shape index (κ3) is 4.27. The van der Waals surface area contributed by atoms with Crippen molar-refractivity contribution in [2.24, 2.45) is 5.92 Å². The zero-order chi connectivity index (χ0) is 20.9. The Kier molecular flexibility index (Phi) is 5.93. The maximum atomic E-state index is 12.8. The van der Waals surface area contributed by atoms with Crippen molar-refractivity contribution in [2.75, 3.05) is 18.4 Å². The number of anilines is 1. The van der Waals surface area contributed by atoms with Gasteiger partial charge in [-0.3, -0.25) is 14.9 Å². The zero-order valence-electron chi connectivity index (χ0n) is 17.1. The number of amides is 2. The van der Waals surface area contributed by atoms with E-state index in [0.29, 0.717) is 31.9 Å². The highest BCUT2D eigenvalue weighted by Gasteiger charge is 2.27. The van der Waals surface area contributed by atoms with Crippen molar-refractivity contribution in [1.29, 1.82) is 0 Å². The van der Waals surface area contributed by atoms with Gasteiger partial charge in [-0.2, -0.15) is 0 Å². The molecule has 0 bridgehead atoms. The predicted octanol–water partition coefficient (Wildman–Crippen LogP) is 3.95. The summed E-state index contributed by atoms with van der Waals surface area (Å²) in [5.74, 6) is 0.447. The third-order valence-corrected chi connectivity index (χ3v) is 5.60. The lowest BCUT2D eigenvalue weighted by atomic mass is 9.96. The van der Waals surface area contributed by atoms with Gasteiger partial charge in [0.1, 0.15) is 0 Å². The van der Waals surface area contributed by atoms with Crippen LogP contribution < -0.4 is 5.32 Å². The molecule has 1 saturated heterocycles. The largest absolute Gasteiger partial charge is 0.339 e. The first-order valence-electron chi connectivity index (χ1n) is 10.4. The molecular weight excluding hydrogens is 376 g/mol. The second-order valence-corrected chi connectivity index (χ2v) is 7.50. The molecule has 0 atom stereocenters. The van der Waals surface area contributed by atoms with Crippen molar-refractivity contribution in [3.8, 4) is 0 Å². The van der Waals surface area contributed by atoms with Crippen LogP contribution in [-0.2, 0) is 16.1 Å². The van der Waals surface area contributed by atoms with Crippen LogP contribution in [0, 0.1) is 5.92 Å². The zero-order valence-corrected chi connectivity index (χ0v) is 17.1. The average molecular weight is 402 g/mol. The summed E-state index contributed by atoms with van der Waals surface area (Å²) in [6.07, 6.45) is 4.75. The fourth-order valence-electron chi connectivity index (χ4n) is 3.90. The SMILES string of the molecule is CCn1c(NC(=O)C2CCN(C(=O)/C=C/c3ccccc3)CC2)nc2ccccc21. The molecule has 2 aromatic carbocycles. The molecular formula is C24H26N4O2. The normalized spacial score (nSPS) is 15.0. The number of para-hydroxylation sites is 2. The molecule has 0 aliphatic carbocycles. The molecule has 30 heavy (non-hydrogen) atoms. The molecule has 1 fully saturated rings. The van der Waals surface area contributed by atoms with Crippen LogP contribution >= 0.6 is 0 Å². The first kappa shape index (κ1) is 19.9. The number of piperidine rings is 1. The van der Waals surface area contributed by atoms with E-state index in [1.54, 1.807) is 6.08 Å². The van der Waals surface area contributed by atoms with Crippen LogP contribution in [0.25, 0.3) is 17.1 Å². The van der Waals surface area contributed by atoms with Crippen LogP contribution in [0.3, 0.4) is 0 Å². The Bertz CT molecular complexity index is 1060. The number of benzene rings is 2. The van der Waals surface area contributed by atoms with Crippen LogP contribution in [0.15, 0.2) is 60.7 Å². The maximum Gasteiger partial charge on any atom is 0.246 e. The predicted molar refractivity (Wildman–Crippen MR) is 119 cm³/mol. The number of hydrogen-bond acceptors (Lipinski definition) is 3. The second kappa shape index (κ2) is 8.95. The van der Waals surface area contributed by atoms with Gasteiger partial charge < -0.3 is 9.47 Å². The lowest BCUT2D eigenvalue weighted by Crippen LogP contribution is -2.41. The number of nitrogens with one attached hydrogen (secondary N) is 1. The maximum absolute atomic E-state index is 12.8. The summed E-state index contributed by atoms with van der Waals surface area (Å²) in [4.78, 5) is 31.6. The average Bonchev–Trinajstić information content (AvgIpc) is 3.15. The van der Waals surface area contributed by atoms with E-state index in [-0.39, 0.29) is 17.7 Å². The quantitative estimate of drug-likeness (QED) is 0.657. The lowest BCUT2D eigenvalue weighted by Gasteiger charge is -2.30. The molecule has 6 nitrogen and oxygen atoms in total. The van der Waals surface area contributed by atoms with E-state index in [1.165, 1.54) is 0 Å². The number of carbonyl (C=O) groups is 2. The third-order valence-electron chi connectivity index (χ3n) is 5.60. The number of imidazole rings is 1. The van der Waals surface area contributed by atoms with Crippen molar-refractivity contribution in [2.45, 2.75) is 26.3 Å². The number of likely N-dealkylation sites (tertiary alicyclic amines) is 1. The Balaban J connectivity index is 1.34. The lowest BCUT2D eigenvalue weighted by molar-refractivity contribution is -0.130. The Labute approximate surface area is 176 Å². The molecule has 6 heteroatoms. The summed E-state index contributed by atoms with van der Waals surface area (Å²) in [6, 6.07) is 17.6. The Hall–Kier alpha value is -3.41. The molecule has 1 aromatic heterocycles. The number of rotatable bonds is 5. The molecule has 1 aliphatic heterocycles. The number of hydrogen-bond donors (Lipinski definition) is 1. The Morgan fingerprint density at radius 3 is 2.50 bits per heavy atom. The summed E-state index contributed by atoms with van der Waals surface area (Å²) < 4.78 is 2.01. The van der Waals surface area contributed by atoms with E-state index in [4.69, 9.17) is 0 Å². The molecule has 0 unspecified atom stereocenters. The second-order valence-electron chi connectivity index (χ2n) is 7.50. The molecule has 0 saturated carbocycles. The Morgan fingerprint density at radius 1 is 1.07 bits per heavy atom. The molecule has 3 aromatic rings. The van der Waals surface area contributed by atoms with E-state index in [1.807, 2.05) is 77.1 Å². The molecule has 0 spiro atoms. The van der Waals surface area contributed by atoms with Crippen LogP contribution in [0.2, 0.25) is 0 Å². The minimum Gasteiger partial charge on any atom is -0.339 e. The standard InChI is InChI=1S/C24H26N4O2/c1-2-28-21-11-7-6-10-20(21)25-24(28)26-23(30)19-14-16-27(17-15-19)22(29)13-12-18-8-4-3-5-9-18/h3-13,19H,2,14-17H2,1H3,(H,25,26,30)/b13-12+.